The number of nitrogens with one attached hydrogen (secondary N) is 1. The topological polar surface area (TPSA) is 29.9 Å². The zero-order chi connectivity index (χ0) is 14.5. The van der Waals surface area contributed by atoms with Gasteiger partial charge in [0.05, 0.1) is 12.2 Å². The van der Waals surface area contributed by atoms with E-state index in [2.05, 4.69) is 62.5 Å². The van der Waals surface area contributed by atoms with Crippen molar-refractivity contribution in [1.29, 1.82) is 0 Å². The second kappa shape index (κ2) is 6.71. The van der Waals surface area contributed by atoms with Gasteiger partial charge in [-0.2, -0.15) is 5.10 Å². The van der Waals surface area contributed by atoms with E-state index in [1.54, 1.807) is 0 Å². The van der Waals surface area contributed by atoms with Crippen molar-refractivity contribution in [1.82, 2.24) is 15.1 Å². The van der Waals surface area contributed by atoms with Crippen LogP contribution < -0.4 is 5.32 Å². The molecule has 0 fully saturated rings. The minimum Gasteiger partial charge on any atom is -0.306 e. The third-order valence-electron chi connectivity index (χ3n) is 3.59. The van der Waals surface area contributed by atoms with Crippen LogP contribution in [0, 0.1) is 13.8 Å². The highest BCUT2D eigenvalue weighted by molar-refractivity contribution is 5.38. The van der Waals surface area contributed by atoms with E-state index >= 15 is 0 Å². The van der Waals surface area contributed by atoms with Crippen molar-refractivity contribution in [3.05, 3.63) is 52.8 Å². The summed E-state index contributed by atoms with van der Waals surface area (Å²) in [6.45, 7) is 10.6. The molecule has 1 heterocycles. The van der Waals surface area contributed by atoms with Crippen LogP contribution in [0.15, 0.2) is 30.6 Å². The summed E-state index contributed by atoms with van der Waals surface area (Å²) in [7, 11) is 0. The molecule has 1 aromatic carbocycles. The van der Waals surface area contributed by atoms with Crippen molar-refractivity contribution in [2.75, 3.05) is 6.54 Å². The van der Waals surface area contributed by atoms with Crippen molar-refractivity contribution < 1.29 is 0 Å². The van der Waals surface area contributed by atoms with Crippen molar-refractivity contribution in [2.24, 2.45) is 0 Å². The van der Waals surface area contributed by atoms with Gasteiger partial charge in [-0.3, -0.25) is 4.68 Å². The average molecular weight is 271 g/mol. The molecule has 1 unspecified atom stereocenters. The summed E-state index contributed by atoms with van der Waals surface area (Å²) in [4.78, 5) is 0. The van der Waals surface area contributed by atoms with E-state index in [-0.39, 0.29) is 6.04 Å². The monoisotopic (exact) mass is 271 g/mol. The predicted octanol–water partition coefficient (Wildman–Crippen LogP) is 3.61. The fraction of sp³-hybridized carbons (Fsp3) is 0.471. The first-order chi connectivity index (χ1) is 9.65. The van der Waals surface area contributed by atoms with Crippen LogP contribution in [-0.2, 0) is 6.54 Å². The third-order valence-corrected chi connectivity index (χ3v) is 3.59. The van der Waals surface area contributed by atoms with E-state index in [9.17, 15) is 0 Å². The van der Waals surface area contributed by atoms with E-state index in [0.29, 0.717) is 0 Å². The molecular formula is C17H25N3. The first-order valence-corrected chi connectivity index (χ1v) is 7.48. The smallest absolute Gasteiger partial charge is 0.0610 e. The summed E-state index contributed by atoms with van der Waals surface area (Å²) in [5.74, 6) is 0. The van der Waals surface area contributed by atoms with Gasteiger partial charge in [-0.05, 0) is 37.9 Å². The molecule has 0 saturated carbocycles. The summed E-state index contributed by atoms with van der Waals surface area (Å²) >= 11 is 0. The Hall–Kier alpha value is -1.61. The van der Waals surface area contributed by atoms with Crippen molar-refractivity contribution in [3.63, 3.8) is 0 Å². The highest BCUT2D eigenvalue weighted by atomic mass is 15.3. The molecule has 1 N–H and O–H groups in total. The predicted molar refractivity (Wildman–Crippen MR) is 84.0 cm³/mol. The van der Waals surface area contributed by atoms with E-state index < -0.39 is 0 Å². The van der Waals surface area contributed by atoms with Gasteiger partial charge in [-0.25, -0.2) is 0 Å². The summed E-state index contributed by atoms with van der Waals surface area (Å²) in [6.07, 6.45) is 5.26. The maximum Gasteiger partial charge on any atom is 0.0610 e. The summed E-state index contributed by atoms with van der Waals surface area (Å²) in [5, 5.41) is 8.05. The second-order valence-corrected chi connectivity index (χ2v) is 5.39. The average Bonchev–Trinajstić information content (AvgIpc) is 2.88. The Balaban J connectivity index is 2.36. The maximum atomic E-state index is 4.46. The molecule has 2 rings (SSSR count). The lowest BCUT2D eigenvalue weighted by molar-refractivity contribution is 0.597. The standard InChI is InChI=1S/C17H25N3/c1-5-9-20-12-15(11-19-20)17(18-6-2)16-10-13(3)7-8-14(16)4/h7-8,10-12,17-18H,5-6,9H2,1-4H3. The zero-order valence-electron chi connectivity index (χ0n) is 13.0. The summed E-state index contributed by atoms with van der Waals surface area (Å²) in [6, 6.07) is 6.87. The third kappa shape index (κ3) is 3.28. The van der Waals surface area contributed by atoms with E-state index in [1.807, 2.05) is 10.9 Å². The Labute approximate surface area is 122 Å². The number of hydrogen-bond donors (Lipinski definition) is 1. The molecule has 0 saturated heterocycles. The summed E-state index contributed by atoms with van der Waals surface area (Å²) in [5.41, 5.74) is 5.22. The molecule has 2 aromatic rings. The van der Waals surface area contributed by atoms with Gasteiger partial charge in [0, 0.05) is 18.3 Å². The molecule has 3 nitrogen and oxygen atoms in total. The minimum absolute atomic E-state index is 0.227. The molecule has 108 valence electrons. The van der Waals surface area contributed by atoms with Crippen LogP contribution >= 0.6 is 0 Å². The largest absolute Gasteiger partial charge is 0.306 e. The lowest BCUT2D eigenvalue weighted by Crippen LogP contribution is -2.22. The van der Waals surface area contributed by atoms with Gasteiger partial charge in [-0.15, -0.1) is 0 Å². The fourth-order valence-corrected chi connectivity index (χ4v) is 2.56. The van der Waals surface area contributed by atoms with Crippen LogP contribution in [0.4, 0.5) is 0 Å². The molecule has 0 aliphatic carbocycles. The summed E-state index contributed by atoms with van der Waals surface area (Å²) < 4.78 is 2.03. The van der Waals surface area contributed by atoms with Crippen LogP contribution in [-0.4, -0.2) is 16.3 Å². The molecule has 1 atom stereocenters. The molecular weight excluding hydrogens is 246 g/mol. The Morgan fingerprint density at radius 2 is 2.05 bits per heavy atom. The van der Waals surface area contributed by atoms with Crippen LogP contribution in [0.2, 0.25) is 0 Å². The SMILES string of the molecule is CCCn1cc(C(NCC)c2cc(C)ccc2C)cn1. The van der Waals surface area contributed by atoms with Gasteiger partial charge in [0.2, 0.25) is 0 Å². The number of hydrogen-bond acceptors (Lipinski definition) is 2. The first kappa shape index (κ1) is 14.8. The molecule has 0 radical (unpaired) electrons. The normalized spacial score (nSPS) is 12.6. The molecule has 0 bridgehead atoms. The van der Waals surface area contributed by atoms with Crippen molar-refractivity contribution in [2.45, 2.75) is 46.7 Å². The highest BCUT2D eigenvalue weighted by Crippen LogP contribution is 2.25. The molecule has 0 amide bonds. The Morgan fingerprint density at radius 3 is 2.75 bits per heavy atom. The van der Waals surface area contributed by atoms with Crippen LogP contribution in [0.5, 0.6) is 0 Å². The lowest BCUT2D eigenvalue weighted by Gasteiger charge is -2.19. The number of benzene rings is 1. The van der Waals surface area contributed by atoms with Crippen LogP contribution in [0.25, 0.3) is 0 Å². The molecule has 0 aliphatic heterocycles. The van der Waals surface area contributed by atoms with Gasteiger partial charge in [0.1, 0.15) is 0 Å². The van der Waals surface area contributed by atoms with Gasteiger partial charge in [-0.1, -0.05) is 37.6 Å². The van der Waals surface area contributed by atoms with E-state index in [0.717, 1.165) is 19.5 Å². The van der Waals surface area contributed by atoms with E-state index in [1.165, 1.54) is 22.3 Å². The highest BCUT2D eigenvalue weighted by Gasteiger charge is 2.17. The van der Waals surface area contributed by atoms with E-state index in [4.69, 9.17) is 0 Å². The number of nitrogens with zero attached hydrogens (tertiary/aromatic N) is 2. The number of aryl methyl sites for hydroxylation is 3. The maximum absolute atomic E-state index is 4.46. The van der Waals surface area contributed by atoms with Crippen LogP contribution in [0.1, 0.15) is 48.6 Å². The molecule has 0 spiro atoms. The fourth-order valence-electron chi connectivity index (χ4n) is 2.56. The quantitative estimate of drug-likeness (QED) is 0.870. The lowest BCUT2D eigenvalue weighted by atomic mass is 9.95. The van der Waals surface area contributed by atoms with Gasteiger partial charge < -0.3 is 5.32 Å². The van der Waals surface area contributed by atoms with Gasteiger partial charge in [0.15, 0.2) is 0 Å². The molecule has 0 aliphatic rings. The number of rotatable bonds is 6. The zero-order valence-corrected chi connectivity index (χ0v) is 13.0. The molecule has 3 heteroatoms. The van der Waals surface area contributed by atoms with Crippen molar-refractivity contribution in [3.8, 4) is 0 Å². The van der Waals surface area contributed by atoms with Gasteiger partial charge in [0.25, 0.3) is 0 Å². The molecule has 1 aromatic heterocycles. The number of aromatic nitrogens is 2. The molecule has 20 heavy (non-hydrogen) atoms. The van der Waals surface area contributed by atoms with Crippen molar-refractivity contribution >= 4 is 0 Å². The first-order valence-electron chi connectivity index (χ1n) is 7.48. The minimum atomic E-state index is 0.227. The Morgan fingerprint density at radius 1 is 1.25 bits per heavy atom. The Kier molecular flexibility index (Phi) is 4.96. The van der Waals surface area contributed by atoms with Crippen LogP contribution in [0.3, 0.4) is 0 Å². The Bertz CT molecular complexity index is 557. The second-order valence-electron chi connectivity index (χ2n) is 5.39. The van der Waals surface area contributed by atoms with Gasteiger partial charge >= 0.3 is 0 Å².